The molecular weight excluding hydrogens is 344 g/mol. The molecule has 7 heteroatoms. The largest absolute Gasteiger partial charge is 0.497 e. The van der Waals surface area contributed by atoms with Crippen LogP contribution >= 0.6 is 0 Å². The van der Waals surface area contributed by atoms with E-state index in [1.807, 2.05) is 13.0 Å². The van der Waals surface area contributed by atoms with Crippen LogP contribution in [0.3, 0.4) is 0 Å². The van der Waals surface area contributed by atoms with Crippen molar-refractivity contribution in [3.8, 4) is 16.9 Å². The summed E-state index contributed by atoms with van der Waals surface area (Å²) < 4.78 is 37.8. The highest BCUT2D eigenvalue weighted by Crippen LogP contribution is 2.51. The Morgan fingerprint density at radius 2 is 1.65 bits per heavy atom. The van der Waals surface area contributed by atoms with Crippen LogP contribution in [-0.2, 0) is 26.7 Å². The van der Waals surface area contributed by atoms with E-state index in [4.69, 9.17) is 14.3 Å². The summed E-state index contributed by atoms with van der Waals surface area (Å²) in [5.41, 5.74) is 6.61. The summed E-state index contributed by atoms with van der Waals surface area (Å²) in [5.74, 6) is -2.48. The topological polar surface area (TPSA) is 78.6 Å². The average molecular weight is 365 g/mol. The Hall–Kier alpha value is -2.96. The number of aryl methyl sites for hydroxylation is 1. The molecule has 0 aliphatic heterocycles. The SMILES string of the molecule is CCc1ccc2c(c1)-c1ccc(OC)cc1C2(F)F.COC=O.NC=O. The van der Waals surface area contributed by atoms with Gasteiger partial charge in [0.1, 0.15) is 5.75 Å². The number of benzene rings is 2. The fourth-order valence-electron chi connectivity index (χ4n) is 2.60. The van der Waals surface area contributed by atoms with Gasteiger partial charge in [-0.15, -0.1) is 0 Å². The molecule has 0 saturated heterocycles. The molecule has 3 rings (SSSR count). The lowest BCUT2D eigenvalue weighted by molar-refractivity contribution is -0.126. The fraction of sp³-hybridized carbons (Fsp3) is 0.263. The van der Waals surface area contributed by atoms with Crippen LogP contribution in [0.25, 0.3) is 11.1 Å². The maximum atomic E-state index is 14.4. The molecule has 1 aliphatic carbocycles. The van der Waals surface area contributed by atoms with Gasteiger partial charge in [0.2, 0.25) is 6.41 Å². The zero-order chi connectivity index (χ0) is 19.7. The zero-order valence-corrected chi connectivity index (χ0v) is 14.8. The van der Waals surface area contributed by atoms with Gasteiger partial charge in [-0.25, -0.2) is 0 Å². The lowest BCUT2D eigenvalue weighted by Gasteiger charge is -2.12. The van der Waals surface area contributed by atoms with Crippen molar-refractivity contribution in [1.82, 2.24) is 0 Å². The molecule has 26 heavy (non-hydrogen) atoms. The van der Waals surface area contributed by atoms with E-state index in [-0.39, 0.29) is 17.5 Å². The Labute approximate surface area is 150 Å². The number of halogens is 2. The summed E-state index contributed by atoms with van der Waals surface area (Å²) in [4.78, 5) is 17.5. The van der Waals surface area contributed by atoms with Gasteiger partial charge in [0.25, 0.3) is 12.4 Å². The first-order valence-electron chi connectivity index (χ1n) is 7.73. The van der Waals surface area contributed by atoms with Crippen LogP contribution in [0.4, 0.5) is 8.78 Å². The number of rotatable bonds is 3. The van der Waals surface area contributed by atoms with Crippen molar-refractivity contribution < 1.29 is 27.8 Å². The van der Waals surface area contributed by atoms with Crippen LogP contribution in [-0.4, -0.2) is 27.1 Å². The first kappa shape index (κ1) is 21.1. The van der Waals surface area contributed by atoms with Crippen molar-refractivity contribution >= 4 is 12.9 Å². The number of hydrogen-bond acceptors (Lipinski definition) is 4. The van der Waals surface area contributed by atoms with Crippen molar-refractivity contribution in [2.45, 2.75) is 19.3 Å². The van der Waals surface area contributed by atoms with E-state index in [9.17, 15) is 8.78 Å². The van der Waals surface area contributed by atoms with Gasteiger partial charge in [0, 0.05) is 11.1 Å². The first-order chi connectivity index (χ1) is 12.4. The van der Waals surface area contributed by atoms with Crippen LogP contribution < -0.4 is 10.5 Å². The number of methoxy groups -OCH3 is 2. The lowest BCUT2D eigenvalue weighted by Crippen LogP contribution is -2.11. The molecule has 140 valence electrons. The third-order valence-electron chi connectivity index (χ3n) is 3.78. The molecule has 2 N–H and O–H groups in total. The monoisotopic (exact) mass is 365 g/mol. The second-order valence-corrected chi connectivity index (χ2v) is 5.19. The van der Waals surface area contributed by atoms with E-state index in [1.165, 1.54) is 20.3 Å². The number of hydrogen-bond donors (Lipinski definition) is 1. The average Bonchev–Trinajstić information content (AvgIpc) is 2.89. The van der Waals surface area contributed by atoms with E-state index < -0.39 is 5.92 Å². The van der Waals surface area contributed by atoms with Crippen LogP contribution in [0.5, 0.6) is 5.75 Å². The summed E-state index contributed by atoms with van der Waals surface area (Å²) in [6, 6.07) is 10.1. The molecule has 0 radical (unpaired) electrons. The quantitative estimate of drug-likeness (QED) is 0.847. The molecule has 1 aliphatic rings. The molecule has 0 aromatic heterocycles. The minimum Gasteiger partial charge on any atom is -0.497 e. The number of amides is 1. The van der Waals surface area contributed by atoms with Crippen molar-refractivity contribution in [3.05, 3.63) is 53.1 Å². The molecule has 0 spiro atoms. The third kappa shape index (κ3) is 4.36. The highest BCUT2D eigenvalue weighted by Gasteiger charge is 2.44. The second kappa shape index (κ2) is 9.50. The van der Waals surface area contributed by atoms with Gasteiger partial charge < -0.3 is 15.2 Å². The van der Waals surface area contributed by atoms with Crippen LogP contribution in [0.15, 0.2) is 36.4 Å². The lowest BCUT2D eigenvalue weighted by atomic mass is 10.0. The molecule has 0 fully saturated rings. The van der Waals surface area contributed by atoms with Crippen LogP contribution in [0.1, 0.15) is 23.6 Å². The summed E-state index contributed by atoms with van der Waals surface area (Å²) in [6.45, 7) is 2.39. The molecular formula is C19H21F2NO4. The van der Waals surface area contributed by atoms with Crippen molar-refractivity contribution in [3.63, 3.8) is 0 Å². The molecule has 5 nitrogen and oxygen atoms in total. The number of alkyl halides is 2. The summed E-state index contributed by atoms with van der Waals surface area (Å²) >= 11 is 0. The first-order valence-corrected chi connectivity index (χ1v) is 7.73. The number of fused-ring (bicyclic) bond motifs is 3. The number of ether oxygens (including phenoxy) is 2. The molecule has 0 atom stereocenters. The molecule has 0 bridgehead atoms. The van der Waals surface area contributed by atoms with Gasteiger partial charge in [-0.1, -0.05) is 31.2 Å². The van der Waals surface area contributed by atoms with Crippen molar-refractivity contribution in [2.24, 2.45) is 5.73 Å². The van der Waals surface area contributed by atoms with E-state index >= 15 is 0 Å². The Balaban J connectivity index is 0.000000419. The zero-order valence-electron chi connectivity index (χ0n) is 14.8. The van der Waals surface area contributed by atoms with Crippen molar-refractivity contribution in [2.75, 3.05) is 14.2 Å². The Morgan fingerprint density at radius 3 is 2.15 bits per heavy atom. The summed E-state index contributed by atoms with van der Waals surface area (Å²) in [6.07, 6.45) is 1.09. The Kier molecular flexibility index (Phi) is 7.71. The highest BCUT2D eigenvalue weighted by atomic mass is 19.3. The van der Waals surface area contributed by atoms with Gasteiger partial charge in [-0.05, 0) is 35.2 Å². The number of nitrogens with two attached hydrogens (primary N) is 1. The van der Waals surface area contributed by atoms with Gasteiger partial charge in [0.05, 0.1) is 14.2 Å². The van der Waals surface area contributed by atoms with E-state index in [0.717, 1.165) is 12.0 Å². The van der Waals surface area contributed by atoms with Gasteiger partial charge in [-0.2, -0.15) is 8.78 Å². The number of carbonyl (C=O) groups is 2. The summed E-state index contributed by atoms with van der Waals surface area (Å²) in [5, 5.41) is 0. The minimum atomic E-state index is -2.94. The van der Waals surface area contributed by atoms with Crippen molar-refractivity contribution in [1.29, 1.82) is 0 Å². The van der Waals surface area contributed by atoms with Gasteiger partial charge in [0.15, 0.2) is 0 Å². The predicted octanol–water partition coefficient (Wildman–Crippen LogP) is 3.27. The van der Waals surface area contributed by atoms with E-state index in [2.05, 4.69) is 10.5 Å². The Bertz CT molecular complexity index is 763. The standard InChI is InChI=1S/C16H14F2O.C2H4O2.CH3NO/c1-3-10-4-7-14-13(8-10)12-6-5-11(19-2)9-15(12)16(14,17)18;1-4-2-3;2-1-3/h4-9H,3H2,1-2H3;2H,1H3;1H,(H2,2,3). The minimum absolute atomic E-state index is 0.0371. The second-order valence-electron chi connectivity index (χ2n) is 5.19. The maximum Gasteiger partial charge on any atom is 0.299 e. The molecule has 1 amide bonds. The van der Waals surface area contributed by atoms with Crippen LogP contribution in [0, 0.1) is 0 Å². The number of primary amides is 1. The number of carbonyl (C=O) groups excluding carboxylic acids is 2. The maximum absolute atomic E-state index is 14.4. The normalized spacial score (nSPS) is 12.2. The van der Waals surface area contributed by atoms with Gasteiger partial charge in [-0.3, -0.25) is 9.59 Å². The third-order valence-corrected chi connectivity index (χ3v) is 3.78. The van der Waals surface area contributed by atoms with Gasteiger partial charge >= 0.3 is 0 Å². The molecule has 2 aromatic carbocycles. The smallest absolute Gasteiger partial charge is 0.299 e. The molecule has 0 heterocycles. The van der Waals surface area contributed by atoms with Crippen LogP contribution in [0.2, 0.25) is 0 Å². The molecule has 0 unspecified atom stereocenters. The highest BCUT2D eigenvalue weighted by molar-refractivity contribution is 5.80. The molecule has 0 saturated carbocycles. The fourth-order valence-corrected chi connectivity index (χ4v) is 2.60. The molecule has 2 aromatic rings. The Morgan fingerprint density at radius 1 is 1.04 bits per heavy atom. The predicted molar refractivity (Wildman–Crippen MR) is 94.1 cm³/mol. The van der Waals surface area contributed by atoms with E-state index in [1.54, 1.807) is 24.3 Å². The summed E-state index contributed by atoms with van der Waals surface area (Å²) in [7, 11) is 2.80. The van der Waals surface area contributed by atoms with E-state index in [0.29, 0.717) is 23.3 Å².